The number of para-hydroxylation sites is 1. The number of amides is 3. The highest BCUT2D eigenvalue weighted by Crippen LogP contribution is 2.44. The third-order valence-electron chi connectivity index (χ3n) is 5.81. The summed E-state index contributed by atoms with van der Waals surface area (Å²) in [5.74, 6) is -0.255. The molecule has 1 atom stereocenters. The van der Waals surface area contributed by atoms with E-state index in [1.165, 1.54) is 17.7 Å². The first-order valence-corrected chi connectivity index (χ1v) is 10.2. The van der Waals surface area contributed by atoms with E-state index in [2.05, 4.69) is 10.2 Å². The molecule has 2 aromatic rings. The molecule has 0 bridgehead atoms. The summed E-state index contributed by atoms with van der Waals surface area (Å²) in [5, 5.41) is 3.88. The largest absolute Gasteiger partial charge is 0.329 e. The van der Waals surface area contributed by atoms with Crippen LogP contribution in [0.1, 0.15) is 35.4 Å². The lowest BCUT2D eigenvalue weighted by Crippen LogP contribution is -2.37. The minimum atomic E-state index is -0.378. The Morgan fingerprint density at radius 1 is 1.03 bits per heavy atom. The summed E-state index contributed by atoms with van der Waals surface area (Å²) in [6.07, 6.45) is 2.39. The van der Waals surface area contributed by atoms with Gasteiger partial charge in [0.1, 0.15) is 0 Å². The molecule has 3 aliphatic rings. The van der Waals surface area contributed by atoms with Gasteiger partial charge in [0.15, 0.2) is 0 Å². The topological polar surface area (TPSA) is 52.7 Å². The number of benzene rings is 2. The number of urea groups is 1. The number of hydrogen-bond donors (Lipinski definition) is 1. The molecule has 0 radical (unpaired) electrons. The minimum absolute atomic E-state index is 0. The van der Waals surface area contributed by atoms with Gasteiger partial charge in [0.25, 0.3) is 5.91 Å². The van der Waals surface area contributed by atoms with Crippen molar-refractivity contribution in [2.45, 2.75) is 31.3 Å². The molecule has 5 nitrogen and oxygen atoms in total. The first-order chi connectivity index (χ1) is 13.5. The van der Waals surface area contributed by atoms with Gasteiger partial charge in [-0.15, -0.1) is 12.4 Å². The predicted molar refractivity (Wildman–Crippen MR) is 116 cm³/mol. The fraction of sp³-hybridized carbons (Fsp3) is 0.333. The molecule has 152 valence electrons. The van der Waals surface area contributed by atoms with Gasteiger partial charge in [-0.25, -0.2) is 9.69 Å². The third kappa shape index (κ3) is 3.61. The number of nitrogens with zero attached hydrogens (tertiary/aromatic N) is 2. The van der Waals surface area contributed by atoms with Gasteiger partial charge in [0.05, 0.1) is 12.2 Å². The predicted octanol–water partition coefficient (Wildman–Crippen LogP) is 4.58. The molecule has 1 saturated heterocycles. The second-order valence-electron chi connectivity index (χ2n) is 7.62. The van der Waals surface area contributed by atoms with Gasteiger partial charge in [-0.3, -0.25) is 9.69 Å². The van der Waals surface area contributed by atoms with Crippen LogP contribution in [-0.4, -0.2) is 36.0 Å². The van der Waals surface area contributed by atoms with Crippen LogP contribution in [-0.2, 0) is 11.3 Å². The molecule has 8 heteroatoms. The normalized spacial score (nSPS) is 21.6. The lowest BCUT2D eigenvalue weighted by molar-refractivity contribution is -0.115. The maximum atomic E-state index is 12.3. The van der Waals surface area contributed by atoms with Crippen LogP contribution >= 0.6 is 35.6 Å². The number of anilines is 1. The van der Waals surface area contributed by atoms with Crippen LogP contribution in [0.5, 0.6) is 0 Å². The van der Waals surface area contributed by atoms with Crippen LogP contribution < -0.4 is 10.2 Å². The van der Waals surface area contributed by atoms with Crippen LogP contribution in [0, 0.1) is 0 Å². The molecule has 29 heavy (non-hydrogen) atoms. The number of hydrogen-bond acceptors (Lipinski definition) is 3. The van der Waals surface area contributed by atoms with Gasteiger partial charge >= 0.3 is 6.03 Å². The summed E-state index contributed by atoms with van der Waals surface area (Å²) in [7, 11) is 0. The number of fused-ring (bicyclic) bond motifs is 1. The van der Waals surface area contributed by atoms with E-state index in [9.17, 15) is 9.59 Å². The molecule has 0 aromatic heterocycles. The van der Waals surface area contributed by atoms with Crippen LogP contribution in [0.15, 0.2) is 36.4 Å². The number of imide groups is 1. The van der Waals surface area contributed by atoms with Gasteiger partial charge in [0, 0.05) is 35.1 Å². The van der Waals surface area contributed by atoms with E-state index in [-0.39, 0.29) is 36.8 Å². The van der Waals surface area contributed by atoms with Crippen LogP contribution in [0.3, 0.4) is 0 Å². The zero-order valence-electron chi connectivity index (χ0n) is 15.5. The van der Waals surface area contributed by atoms with Crippen molar-refractivity contribution >= 4 is 53.2 Å². The smallest absolute Gasteiger partial charge is 0.328 e. The van der Waals surface area contributed by atoms with Crippen molar-refractivity contribution in [2.24, 2.45) is 0 Å². The second kappa shape index (κ2) is 7.80. The molecule has 1 aliphatic carbocycles. The molecule has 2 fully saturated rings. The number of carbonyl (C=O) groups is 2. The van der Waals surface area contributed by atoms with Crippen molar-refractivity contribution in [2.75, 3.05) is 18.0 Å². The van der Waals surface area contributed by atoms with E-state index >= 15 is 0 Å². The Hall–Kier alpha value is -1.79. The number of halogens is 3. The zero-order chi connectivity index (χ0) is 19.4. The Bertz CT molecular complexity index is 977. The standard InChI is InChI=1S/C21H19Cl2N3O2.ClH/c22-12-7-15-16(10-25(13-5-6-13)11-17(15)18(23)8-12)14-3-1-2-4-19(14)26-20(27)9-24-21(26)28;/h1-4,7-8,13,16H,5-6,9-11H2,(H,24,28);1H/t16-;/m0./s1. The van der Waals surface area contributed by atoms with E-state index in [1.807, 2.05) is 30.3 Å². The average molecular weight is 453 g/mol. The van der Waals surface area contributed by atoms with Gasteiger partial charge in [-0.05, 0) is 47.7 Å². The fourth-order valence-electron chi connectivity index (χ4n) is 4.34. The molecule has 1 saturated carbocycles. The summed E-state index contributed by atoms with van der Waals surface area (Å²) >= 11 is 12.9. The van der Waals surface area contributed by atoms with Crippen molar-refractivity contribution in [3.8, 4) is 0 Å². The third-order valence-corrected chi connectivity index (χ3v) is 6.36. The van der Waals surface area contributed by atoms with Gasteiger partial charge in [-0.2, -0.15) is 0 Å². The van der Waals surface area contributed by atoms with E-state index < -0.39 is 0 Å². The molecule has 0 spiro atoms. The van der Waals surface area contributed by atoms with E-state index in [1.54, 1.807) is 6.07 Å². The van der Waals surface area contributed by atoms with Crippen LogP contribution in [0.4, 0.5) is 10.5 Å². The van der Waals surface area contributed by atoms with Crippen molar-refractivity contribution in [1.29, 1.82) is 0 Å². The van der Waals surface area contributed by atoms with Crippen LogP contribution in [0.25, 0.3) is 0 Å². The monoisotopic (exact) mass is 451 g/mol. The molecule has 5 rings (SSSR count). The Morgan fingerprint density at radius 2 is 1.79 bits per heavy atom. The summed E-state index contributed by atoms with van der Waals surface area (Å²) < 4.78 is 0. The van der Waals surface area contributed by atoms with Gasteiger partial charge in [-0.1, -0.05) is 41.4 Å². The highest BCUT2D eigenvalue weighted by atomic mass is 35.5. The summed E-state index contributed by atoms with van der Waals surface area (Å²) in [6, 6.07) is 11.6. The molecule has 0 unspecified atom stereocenters. The lowest BCUT2D eigenvalue weighted by atomic mass is 9.83. The molecule has 2 aliphatic heterocycles. The Labute approximate surface area is 185 Å². The molecule has 1 N–H and O–H groups in total. The maximum Gasteiger partial charge on any atom is 0.329 e. The molecule has 2 heterocycles. The van der Waals surface area contributed by atoms with Gasteiger partial charge in [0.2, 0.25) is 0 Å². The van der Waals surface area contributed by atoms with E-state index in [0.29, 0.717) is 21.8 Å². The molecular weight excluding hydrogens is 433 g/mol. The van der Waals surface area contributed by atoms with Crippen molar-refractivity contribution < 1.29 is 9.59 Å². The Balaban J connectivity index is 0.00000205. The van der Waals surface area contributed by atoms with E-state index in [4.69, 9.17) is 23.2 Å². The average Bonchev–Trinajstić information content (AvgIpc) is 3.47. The first kappa shape index (κ1) is 20.5. The zero-order valence-corrected chi connectivity index (χ0v) is 17.9. The highest BCUT2D eigenvalue weighted by Gasteiger charge is 2.39. The first-order valence-electron chi connectivity index (χ1n) is 9.44. The molecule has 2 aromatic carbocycles. The number of nitrogens with one attached hydrogen (secondary N) is 1. The van der Waals surface area contributed by atoms with Gasteiger partial charge < -0.3 is 5.32 Å². The fourth-order valence-corrected chi connectivity index (χ4v) is 4.91. The van der Waals surface area contributed by atoms with E-state index in [0.717, 1.165) is 29.8 Å². The quantitative estimate of drug-likeness (QED) is 0.694. The Morgan fingerprint density at radius 3 is 2.48 bits per heavy atom. The van der Waals surface area contributed by atoms with Crippen LogP contribution in [0.2, 0.25) is 10.0 Å². The minimum Gasteiger partial charge on any atom is -0.328 e. The Kier molecular flexibility index (Phi) is 5.51. The SMILES string of the molecule is Cl.O=C1CNC(=O)N1c1ccccc1[C@@H]1CN(C2CC2)Cc2c(Cl)cc(Cl)cc21. The molecular formula is C21H20Cl3N3O2. The lowest BCUT2D eigenvalue weighted by Gasteiger charge is -2.37. The maximum absolute atomic E-state index is 12.3. The number of carbonyl (C=O) groups excluding carboxylic acids is 2. The summed E-state index contributed by atoms with van der Waals surface area (Å²) in [4.78, 5) is 28.3. The van der Waals surface area contributed by atoms with Crippen molar-refractivity contribution in [3.05, 3.63) is 63.1 Å². The second-order valence-corrected chi connectivity index (χ2v) is 8.46. The summed E-state index contributed by atoms with van der Waals surface area (Å²) in [5.41, 5.74) is 3.74. The van der Waals surface area contributed by atoms with Crippen molar-refractivity contribution in [3.63, 3.8) is 0 Å². The number of rotatable bonds is 3. The summed E-state index contributed by atoms with van der Waals surface area (Å²) in [6.45, 7) is 1.65. The van der Waals surface area contributed by atoms with Crippen molar-refractivity contribution in [1.82, 2.24) is 10.2 Å². The highest BCUT2D eigenvalue weighted by molar-refractivity contribution is 6.35. The molecule has 3 amide bonds.